The smallest absolute Gasteiger partial charge is 0.240 e. The molecule has 1 aromatic carbocycles. The Morgan fingerprint density at radius 3 is 2.55 bits per heavy atom. The molecule has 0 radical (unpaired) electrons. The molecule has 0 aromatic heterocycles. The van der Waals surface area contributed by atoms with Crippen LogP contribution in [-0.2, 0) is 10.0 Å². The lowest BCUT2D eigenvalue weighted by atomic mass is 10.1. The van der Waals surface area contributed by atoms with Crippen molar-refractivity contribution >= 4 is 15.8 Å². The number of ketones is 1. The molecular weight excluding hydrogens is 276 g/mol. The first-order valence-corrected chi connectivity index (χ1v) is 8.19. The predicted octanol–water partition coefficient (Wildman–Crippen LogP) is 1.26. The number of nitrogens with zero attached hydrogens (tertiary/aromatic N) is 1. The summed E-state index contributed by atoms with van der Waals surface area (Å²) in [4.78, 5) is 13.7. The summed E-state index contributed by atoms with van der Waals surface area (Å²) in [5.74, 6) is -0.138. The van der Waals surface area contributed by atoms with Gasteiger partial charge in [-0.2, -0.15) is 0 Å². The SMILES string of the molecule is CC(=O)c1cccc(S(=O)(=O)NC2CCN(C)CC2)c1. The summed E-state index contributed by atoms with van der Waals surface area (Å²) >= 11 is 0. The Balaban J connectivity index is 2.14. The summed E-state index contributed by atoms with van der Waals surface area (Å²) in [5.41, 5.74) is 0.413. The number of hydrogen-bond donors (Lipinski definition) is 1. The van der Waals surface area contributed by atoms with Gasteiger partial charge in [-0.05, 0) is 52.0 Å². The first-order chi connectivity index (χ1) is 9.38. The van der Waals surface area contributed by atoms with Crippen LogP contribution in [0.3, 0.4) is 0 Å². The molecule has 0 atom stereocenters. The van der Waals surface area contributed by atoms with E-state index in [1.54, 1.807) is 12.1 Å². The topological polar surface area (TPSA) is 66.5 Å². The molecule has 0 saturated carbocycles. The molecule has 1 N–H and O–H groups in total. The third kappa shape index (κ3) is 3.65. The molecule has 0 amide bonds. The van der Waals surface area contributed by atoms with Crippen LogP contribution >= 0.6 is 0 Å². The number of benzene rings is 1. The molecule has 5 nitrogen and oxygen atoms in total. The van der Waals surface area contributed by atoms with Crippen LogP contribution in [-0.4, -0.2) is 45.3 Å². The van der Waals surface area contributed by atoms with E-state index in [1.807, 2.05) is 7.05 Å². The fourth-order valence-electron chi connectivity index (χ4n) is 2.30. The first-order valence-electron chi connectivity index (χ1n) is 6.70. The number of likely N-dealkylation sites (tertiary alicyclic amines) is 1. The molecular formula is C14H20N2O3S. The predicted molar refractivity (Wildman–Crippen MR) is 77.3 cm³/mol. The number of sulfonamides is 1. The number of carbonyl (C=O) groups excluding carboxylic acids is 1. The second kappa shape index (κ2) is 6.03. The van der Waals surface area contributed by atoms with Crippen LogP contribution in [0.2, 0.25) is 0 Å². The normalized spacial score (nSPS) is 18.1. The van der Waals surface area contributed by atoms with E-state index >= 15 is 0 Å². The van der Waals surface area contributed by atoms with E-state index in [0.29, 0.717) is 5.56 Å². The number of hydrogen-bond acceptors (Lipinski definition) is 4. The highest BCUT2D eigenvalue weighted by Gasteiger charge is 2.23. The number of nitrogens with one attached hydrogen (secondary N) is 1. The van der Waals surface area contributed by atoms with Crippen molar-refractivity contribution in [3.8, 4) is 0 Å². The van der Waals surface area contributed by atoms with Gasteiger partial charge < -0.3 is 4.90 Å². The van der Waals surface area contributed by atoms with Gasteiger partial charge in [-0.1, -0.05) is 12.1 Å². The number of piperidine rings is 1. The summed E-state index contributed by atoms with van der Waals surface area (Å²) < 4.78 is 27.4. The van der Waals surface area contributed by atoms with E-state index in [-0.39, 0.29) is 16.7 Å². The van der Waals surface area contributed by atoms with Crippen molar-refractivity contribution in [1.29, 1.82) is 0 Å². The summed E-state index contributed by atoms with van der Waals surface area (Å²) in [6.45, 7) is 3.21. The highest BCUT2D eigenvalue weighted by Crippen LogP contribution is 2.15. The molecule has 110 valence electrons. The van der Waals surface area contributed by atoms with E-state index < -0.39 is 10.0 Å². The van der Waals surface area contributed by atoms with Crippen LogP contribution in [0, 0.1) is 0 Å². The zero-order valence-electron chi connectivity index (χ0n) is 11.8. The Hall–Kier alpha value is -1.24. The maximum absolute atomic E-state index is 12.3. The van der Waals surface area contributed by atoms with Crippen LogP contribution in [0.5, 0.6) is 0 Å². The zero-order valence-corrected chi connectivity index (χ0v) is 12.6. The minimum atomic E-state index is -3.55. The summed E-state index contributed by atoms with van der Waals surface area (Å²) in [7, 11) is -1.53. The minimum absolute atomic E-state index is 0.0304. The van der Waals surface area contributed by atoms with Crippen molar-refractivity contribution in [3.05, 3.63) is 29.8 Å². The number of Topliss-reactive ketones (excluding diaryl/α,β-unsaturated/α-hetero) is 1. The van der Waals surface area contributed by atoms with Gasteiger partial charge in [-0.25, -0.2) is 13.1 Å². The van der Waals surface area contributed by atoms with E-state index in [2.05, 4.69) is 9.62 Å². The second-order valence-corrected chi connectivity index (χ2v) is 7.00. The first kappa shape index (κ1) is 15.2. The molecule has 1 aliphatic rings. The third-order valence-corrected chi connectivity index (χ3v) is 5.11. The monoisotopic (exact) mass is 296 g/mol. The van der Waals surface area contributed by atoms with Crippen LogP contribution in [0.4, 0.5) is 0 Å². The Labute approximate surface area is 120 Å². The molecule has 2 rings (SSSR count). The Morgan fingerprint density at radius 2 is 1.95 bits per heavy atom. The maximum atomic E-state index is 12.3. The van der Waals surface area contributed by atoms with Gasteiger partial charge in [0.25, 0.3) is 0 Å². The highest BCUT2D eigenvalue weighted by atomic mass is 32.2. The molecule has 0 unspecified atom stereocenters. The maximum Gasteiger partial charge on any atom is 0.240 e. The van der Waals surface area contributed by atoms with Gasteiger partial charge in [0.05, 0.1) is 4.90 Å². The molecule has 1 heterocycles. The highest BCUT2D eigenvalue weighted by molar-refractivity contribution is 7.89. The average Bonchev–Trinajstić information content (AvgIpc) is 2.41. The molecule has 0 bridgehead atoms. The minimum Gasteiger partial charge on any atom is -0.306 e. The summed E-state index contributed by atoms with van der Waals surface area (Å²) in [6.07, 6.45) is 1.62. The van der Waals surface area contributed by atoms with Crippen molar-refractivity contribution in [2.45, 2.75) is 30.7 Å². The van der Waals surface area contributed by atoms with Gasteiger partial charge in [0.1, 0.15) is 0 Å². The molecule has 1 aromatic rings. The number of carbonyl (C=O) groups is 1. The van der Waals surface area contributed by atoms with Crippen molar-refractivity contribution < 1.29 is 13.2 Å². The van der Waals surface area contributed by atoms with Crippen molar-refractivity contribution in [1.82, 2.24) is 9.62 Å². The van der Waals surface area contributed by atoms with Gasteiger partial charge in [0.2, 0.25) is 10.0 Å². The van der Waals surface area contributed by atoms with E-state index in [0.717, 1.165) is 25.9 Å². The largest absolute Gasteiger partial charge is 0.306 e. The van der Waals surface area contributed by atoms with Crippen molar-refractivity contribution in [2.75, 3.05) is 20.1 Å². The Morgan fingerprint density at radius 1 is 1.30 bits per heavy atom. The second-order valence-electron chi connectivity index (χ2n) is 5.28. The summed E-state index contributed by atoms with van der Waals surface area (Å²) in [6, 6.07) is 6.14. The van der Waals surface area contributed by atoms with Crippen LogP contribution in [0.15, 0.2) is 29.2 Å². The molecule has 6 heteroatoms. The standard InChI is InChI=1S/C14H20N2O3S/c1-11(17)12-4-3-5-14(10-12)20(18,19)15-13-6-8-16(2)9-7-13/h3-5,10,13,15H,6-9H2,1-2H3. The van der Waals surface area contributed by atoms with E-state index in [1.165, 1.54) is 19.1 Å². The Kier molecular flexibility index (Phi) is 4.57. The van der Waals surface area contributed by atoms with Crippen LogP contribution < -0.4 is 4.72 Å². The summed E-state index contributed by atoms with van der Waals surface area (Å²) in [5, 5.41) is 0. The zero-order chi connectivity index (χ0) is 14.8. The van der Waals surface area contributed by atoms with Crippen LogP contribution in [0.25, 0.3) is 0 Å². The van der Waals surface area contributed by atoms with Gasteiger partial charge >= 0.3 is 0 Å². The lowest BCUT2D eigenvalue weighted by Gasteiger charge is -2.29. The van der Waals surface area contributed by atoms with Gasteiger partial charge in [0.15, 0.2) is 5.78 Å². The van der Waals surface area contributed by atoms with Gasteiger partial charge in [0, 0.05) is 11.6 Å². The lowest BCUT2D eigenvalue weighted by molar-refractivity contribution is 0.101. The van der Waals surface area contributed by atoms with Crippen molar-refractivity contribution in [3.63, 3.8) is 0 Å². The third-order valence-electron chi connectivity index (χ3n) is 3.59. The van der Waals surface area contributed by atoms with Crippen LogP contribution in [0.1, 0.15) is 30.1 Å². The molecule has 20 heavy (non-hydrogen) atoms. The Bertz CT molecular complexity index is 590. The molecule has 1 saturated heterocycles. The molecule has 1 aliphatic heterocycles. The van der Waals surface area contributed by atoms with E-state index in [4.69, 9.17) is 0 Å². The van der Waals surface area contributed by atoms with Gasteiger partial charge in [-0.15, -0.1) is 0 Å². The number of rotatable bonds is 4. The molecule has 0 spiro atoms. The van der Waals surface area contributed by atoms with Crippen molar-refractivity contribution in [2.24, 2.45) is 0 Å². The fourth-order valence-corrected chi connectivity index (χ4v) is 3.65. The lowest BCUT2D eigenvalue weighted by Crippen LogP contribution is -2.43. The molecule has 1 fully saturated rings. The fraction of sp³-hybridized carbons (Fsp3) is 0.500. The quantitative estimate of drug-likeness (QED) is 0.850. The van der Waals surface area contributed by atoms with Gasteiger partial charge in [-0.3, -0.25) is 4.79 Å². The molecule has 0 aliphatic carbocycles. The van der Waals surface area contributed by atoms with E-state index in [9.17, 15) is 13.2 Å². The average molecular weight is 296 g/mol.